The number of amides is 1. The molecule has 104 valence electrons. The molecule has 0 aliphatic carbocycles. The molecule has 0 unspecified atom stereocenters. The summed E-state index contributed by atoms with van der Waals surface area (Å²) in [5, 5.41) is 9.19. The molecule has 1 aromatic rings. The molecule has 4 nitrogen and oxygen atoms in total. The molecule has 0 bridgehead atoms. The van der Waals surface area contributed by atoms with Crippen molar-refractivity contribution in [1.29, 1.82) is 0 Å². The van der Waals surface area contributed by atoms with E-state index in [1.807, 2.05) is 24.3 Å². The standard InChI is InChI=1S/C14H18BrNO3/c1-4-16(14(2,3)13(18)19)12(17)9-10-5-7-11(15)8-6-10/h5-8H,4,9H2,1-3H3,(H,18,19). The van der Waals surface area contributed by atoms with Crippen molar-refractivity contribution in [2.75, 3.05) is 6.54 Å². The van der Waals surface area contributed by atoms with Gasteiger partial charge in [0.15, 0.2) is 0 Å². The Morgan fingerprint density at radius 1 is 1.26 bits per heavy atom. The Balaban J connectivity index is 2.86. The van der Waals surface area contributed by atoms with E-state index >= 15 is 0 Å². The topological polar surface area (TPSA) is 57.6 Å². The molecule has 0 saturated carbocycles. The highest BCUT2D eigenvalue weighted by atomic mass is 79.9. The molecule has 0 saturated heterocycles. The van der Waals surface area contributed by atoms with Gasteiger partial charge in [-0.1, -0.05) is 28.1 Å². The molecule has 1 N–H and O–H groups in total. The highest BCUT2D eigenvalue weighted by Crippen LogP contribution is 2.17. The van der Waals surface area contributed by atoms with Gasteiger partial charge in [-0.2, -0.15) is 0 Å². The zero-order valence-corrected chi connectivity index (χ0v) is 12.9. The minimum absolute atomic E-state index is 0.183. The molecule has 0 heterocycles. The zero-order chi connectivity index (χ0) is 14.6. The number of hydrogen-bond acceptors (Lipinski definition) is 2. The first-order chi connectivity index (χ1) is 8.78. The van der Waals surface area contributed by atoms with Gasteiger partial charge in [0.2, 0.25) is 5.91 Å². The second kappa shape index (κ2) is 6.19. The van der Waals surface area contributed by atoms with Crippen LogP contribution in [0, 0.1) is 0 Å². The van der Waals surface area contributed by atoms with E-state index in [4.69, 9.17) is 0 Å². The molecular weight excluding hydrogens is 310 g/mol. The first-order valence-corrected chi connectivity index (χ1v) is 6.86. The van der Waals surface area contributed by atoms with Crippen LogP contribution in [0.3, 0.4) is 0 Å². The molecule has 1 amide bonds. The molecule has 1 aromatic carbocycles. The normalized spacial score (nSPS) is 11.2. The van der Waals surface area contributed by atoms with Gasteiger partial charge in [-0.25, -0.2) is 4.79 Å². The van der Waals surface area contributed by atoms with Crippen molar-refractivity contribution in [3.8, 4) is 0 Å². The summed E-state index contributed by atoms with van der Waals surface area (Å²) in [5.41, 5.74) is -0.325. The lowest BCUT2D eigenvalue weighted by atomic mass is 10.0. The molecule has 0 aliphatic heterocycles. The van der Waals surface area contributed by atoms with Crippen molar-refractivity contribution in [1.82, 2.24) is 4.90 Å². The Morgan fingerprint density at radius 3 is 2.21 bits per heavy atom. The molecule has 1 rings (SSSR count). The SMILES string of the molecule is CCN(C(=O)Cc1ccc(Br)cc1)C(C)(C)C(=O)O. The van der Waals surface area contributed by atoms with Crippen LogP contribution in [-0.2, 0) is 16.0 Å². The second-order valence-electron chi connectivity index (χ2n) is 4.81. The highest BCUT2D eigenvalue weighted by molar-refractivity contribution is 9.10. The summed E-state index contributed by atoms with van der Waals surface area (Å²) in [4.78, 5) is 24.8. The van der Waals surface area contributed by atoms with Crippen molar-refractivity contribution in [2.24, 2.45) is 0 Å². The fourth-order valence-corrected chi connectivity index (χ4v) is 2.14. The Morgan fingerprint density at radius 2 is 1.79 bits per heavy atom. The van der Waals surface area contributed by atoms with Gasteiger partial charge in [-0.15, -0.1) is 0 Å². The lowest BCUT2D eigenvalue weighted by Gasteiger charge is -2.34. The number of carboxylic acids is 1. The quantitative estimate of drug-likeness (QED) is 0.904. The van der Waals surface area contributed by atoms with Crippen molar-refractivity contribution < 1.29 is 14.7 Å². The minimum atomic E-state index is -1.19. The number of halogens is 1. The summed E-state index contributed by atoms with van der Waals surface area (Å²) < 4.78 is 0.946. The predicted octanol–water partition coefficient (Wildman–Crippen LogP) is 2.70. The predicted molar refractivity (Wildman–Crippen MR) is 76.9 cm³/mol. The van der Waals surface area contributed by atoms with E-state index in [0.717, 1.165) is 10.0 Å². The molecule has 0 aliphatic rings. The van der Waals surface area contributed by atoms with Crippen LogP contribution < -0.4 is 0 Å². The fourth-order valence-electron chi connectivity index (χ4n) is 1.87. The first-order valence-electron chi connectivity index (χ1n) is 6.07. The van der Waals surface area contributed by atoms with Crippen LogP contribution in [0.2, 0.25) is 0 Å². The van der Waals surface area contributed by atoms with Crippen LogP contribution in [0.25, 0.3) is 0 Å². The van der Waals surface area contributed by atoms with Crippen LogP contribution in [0.15, 0.2) is 28.7 Å². The maximum atomic E-state index is 12.2. The summed E-state index contributed by atoms with van der Waals surface area (Å²) in [6.07, 6.45) is 0.206. The van der Waals surface area contributed by atoms with Crippen LogP contribution in [0.1, 0.15) is 26.3 Å². The maximum Gasteiger partial charge on any atom is 0.329 e. The number of carbonyl (C=O) groups is 2. The van der Waals surface area contributed by atoms with E-state index in [1.54, 1.807) is 6.92 Å². The van der Waals surface area contributed by atoms with E-state index in [2.05, 4.69) is 15.9 Å². The first kappa shape index (κ1) is 15.7. The smallest absolute Gasteiger partial charge is 0.329 e. The Kier molecular flexibility index (Phi) is 5.11. The molecule has 0 fully saturated rings. The lowest BCUT2D eigenvalue weighted by Crippen LogP contribution is -2.53. The molecule has 0 atom stereocenters. The molecule has 5 heteroatoms. The average molecular weight is 328 g/mol. The highest BCUT2D eigenvalue weighted by Gasteiger charge is 2.36. The molecule has 0 radical (unpaired) electrons. The van der Waals surface area contributed by atoms with Gasteiger partial charge < -0.3 is 10.0 Å². The van der Waals surface area contributed by atoms with Gasteiger partial charge in [0.25, 0.3) is 0 Å². The summed E-state index contributed by atoms with van der Waals surface area (Å²) in [5.74, 6) is -1.18. The zero-order valence-electron chi connectivity index (χ0n) is 11.3. The van der Waals surface area contributed by atoms with E-state index in [9.17, 15) is 14.7 Å². The van der Waals surface area contributed by atoms with Gasteiger partial charge in [0, 0.05) is 11.0 Å². The van der Waals surface area contributed by atoms with Crippen molar-refractivity contribution >= 4 is 27.8 Å². The Labute approximate surface area is 121 Å². The van der Waals surface area contributed by atoms with Gasteiger partial charge in [-0.05, 0) is 38.5 Å². The number of aliphatic carboxylic acids is 1. The van der Waals surface area contributed by atoms with Crippen LogP contribution >= 0.6 is 15.9 Å². The summed E-state index contributed by atoms with van der Waals surface area (Å²) >= 11 is 3.33. The third kappa shape index (κ3) is 3.80. The number of hydrogen-bond donors (Lipinski definition) is 1. The van der Waals surface area contributed by atoms with E-state index in [0.29, 0.717) is 6.54 Å². The number of likely N-dealkylation sites (N-methyl/N-ethyl adjacent to an activating group) is 1. The number of benzene rings is 1. The maximum absolute atomic E-state index is 12.2. The van der Waals surface area contributed by atoms with Crippen molar-refractivity contribution in [3.05, 3.63) is 34.3 Å². The van der Waals surface area contributed by atoms with E-state index in [1.165, 1.54) is 18.7 Å². The van der Waals surface area contributed by atoms with Gasteiger partial charge in [0.1, 0.15) is 5.54 Å². The second-order valence-corrected chi connectivity index (χ2v) is 5.72. The summed E-state index contributed by atoms with van der Waals surface area (Å²) in [6.45, 7) is 5.23. The monoisotopic (exact) mass is 327 g/mol. The van der Waals surface area contributed by atoms with Crippen LogP contribution in [0.5, 0.6) is 0 Å². The number of carbonyl (C=O) groups excluding carboxylic acids is 1. The number of carboxylic acid groups (broad SMARTS) is 1. The lowest BCUT2D eigenvalue weighted by molar-refractivity contribution is -0.156. The molecule has 19 heavy (non-hydrogen) atoms. The number of nitrogens with zero attached hydrogens (tertiary/aromatic N) is 1. The van der Waals surface area contributed by atoms with Gasteiger partial charge in [0.05, 0.1) is 6.42 Å². The summed E-state index contributed by atoms with van der Waals surface area (Å²) in [7, 11) is 0. The fraction of sp³-hybridized carbons (Fsp3) is 0.429. The van der Waals surface area contributed by atoms with E-state index in [-0.39, 0.29) is 12.3 Å². The minimum Gasteiger partial charge on any atom is -0.480 e. The van der Waals surface area contributed by atoms with Crippen LogP contribution in [0.4, 0.5) is 0 Å². The Hall–Kier alpha value is -1.36. The molecule has 0 aromatic heterocycles. The van der Waals surface area contributed by atoms with E-state index < -0.39 is 11.5 Å². The molecular formula is C14H18BrNO3. The molecule has 0 spiro atoms. The number of rotatable bonds is 5. The van der Waals surface area contributed by atoms with Crippen molar-refractivity contribution in [3.63, 3.8) is 0 Å². The largest absolute Gasteiger partial charge is 0.480 e. The summed E-state index contributed by atoms with van der Waals surface area (Å²) in [6, 6.07) is 7.43. The average Bonchev–Trinajstić information content (AvgIpc) is 2.32. The van der Waals surface area contributed by atoms with Crippen molar-refractivity contribution in [2.45, 2.75) is 32.7 Å². The Bertz CT molecular complexity index is 468. The van der Waals surface area contributed by atoms with Crippen LogP contribution in [-0.4, -0.2) is 34.0 Å². The van der Waals surface area contributed by atoms with Gasteiger partial charge >= 0.3 is 5.97 Å². The third-order valence-corrected chi connectivity index (χ3v) is 3.61. The third-order valence-electron chi connectivity index (χ3n) is 3.08. The van der Waals surface area contributed by atoms with Gasteiger partial charge in [-0.3, -0.25) is 4.79 Å².